The van der Waals surface area contributed by atoms with E-state index in [4.69, 9.17) is 25.9 Å². The molecule has 3 unspecified atom stereocenters. The van der Waals surface area contributed by atoms with E-state index in [-0.39, 0.29) is 28.5 Å². The molecule has 2 aromatic heterocycles. The molecule has 9 rings (SSSR count). The van der Waals surface area contributed by atoms with Gasteiger partial charge in [0.2, 0.25) is 0 Å². The number of methoxy groups -OCH3 is 1. The maximum Gasteiger partial charge on any atom is 0.319 e. The predicted octanol–water partition coefficient (Wildman–Crippen LogP) is 5.64. The molecule has 3 atom stereocenters. The molecule has 3 fully saturated rings. The summed E-state index contributed by atoms with van der Waals surface area (Å²) in [5.41, 5.74) is 4.61. The van der Waals surface area contributed by atoms with Crippen LogP contribution in [0.2, 0.25) is 0 Å². The molecule has 0 spiro atoms. The second-order valence-corrected chi connectivity index (χ2v) is 13.8. The topological polar surface area (TPSA) is 95.9 Å². The Hall–Kier alpha value is -4.82. The summed E-state index contributed by atoms with van der Waals surface area (Å²) in [4.78, 5) is 19.1. The minimum Gasteiger partial charge on any atom is -0.508 e. The summed E-state index contributed by atoms with van der Waals surface area (Å²) in [6.07, 6.45) is 11.7. The Balaban J connectivity index is 1.17. The Morgan fingerprint density at radius 1 is 1.12 bits per heavy atom. The van der Waals surface area contributed by atoms with Gasteiger partial charge >= 0.3 is 6.01 Å². The fraction of sp³-hybridized carbons (Fsp3) is 0.359. The molecule has 49 heavy (non-hydrogen) atoms. The van der Waals surface area contributed by atoms with Crippen molar-refractivity contribution in [2.75, 3.05) is 38.3 Å². The standard InChI is InChI=1S/C39H37FN6O3/c1-3-23-7-4-8-24-15-28(47)16-29(33(23)24)35-34(40)36-30(17-41-35)37(45-18-26-11-12-27(19-45)42-26)44-38(43-36)49-22-39-13-6-14-46(39)20-31-25(21-48-2)9-5-10-32(31)39/h1,4-5,7-10,15-17,26-27,42,47H,6,11-14,18-22H2,2H3. The van der Waals surface area contributed by atoms with Crippen molar-refractivity contribution < 1.29 is 19.0 Å². The Kier molecular flexibility index (Phi) is 7.20. The molecule has 10 heteroatoms. The third kappa shape index (κ3) is 4.83. The van der Waals surface area contributed by atoms with Crippen molar-refractivity contribution >= 4 is 27.5 Å². The average molecular weight is 657 g/mol. The number of ether oxygens (including phenoxy) is 2. The van der Waals surface area contributed by atoms with Gasteiger partial charge in [0.1, 0.15) is 29.4 Å². The maximum absolute atomic E-state index is 17.0. The largest absolute Gasteiger partial charge is 0.508 e. The quantitative estimate of drug-likeness (QED) is 0.216. The number of terminal acetylenes is 1. The first-order valence-corrected chi connectivity index (χ1v) is 17.0. The molecule has 6 heterocycles. The molecule has 3 aromatic carbocycles. The Morgan fingerprint density at radius 2 is 1.96 bits per heavy atom. The third-order valence-corrected chi connectivity index (χ3v) is 11.0. The highest BCUT2D eigenvalue weighted by Gasteiger charge is 2.49. The number of phenolic OH excluding ortho intramolecular Hbond substituents is 1. The van der Waals surface area contributed by atoms with Crippen molar-refractivity contribution in [3.63, 3.8) is 0 Å². The first-order chi connectivity index (χ1) is 24.0. The van der Waals surface area contributed by atoms with E-state index in [2.05, 4.69) is 44.2 Å². The van der Waals surface area contributed by atoms with E-state index in [1.807, 2.05) is 12.1 Å². The van der Waals surface area contributed by atoms with E-state index in [0.717, 1.165) is 51.9 Å². The number of benzene rings is 3. The number of anilines is 1. The van der Waals surface area contributed by atoms with Gasteiger partial charge in [0.25, 0.3) is 0 Å². The smallest absolute Gasteiger partial charge is 0.319 e. The molecule has 2 N–H and O–H groups in total. The summed E-state index contributed by atoms with van der Waals surface area (Å²) in [6.45, 7) is 4.22. The normalized spacial score (nSPS) is 22.8. The predicted molar refractivity (Wildman–Crippen MR) is 186 cm³/mol. The number of phenols is 1. The molecule has 0 saturated carbocycles. The molecule has 5 aromatic rings. The van der Waals surface area contributed by atoms with Crippen molar-refractivity contribution in [1.82, 2.24) is 25.2 Å². The van der Waals surface area contributed by atoms with Gasteiger partial charge in [-0.15, -0.1) is 6.42 Å². The number of piperazine rings is 1. The van der Waals surface area contributed by atoms with Gasteiger partial charge in [0, 0.05) is 61.5 Å². The lowest BCUT2D eigenvalue weighted by molar-refractivity contribution is 0.0825. The highest BCUT2D eigenvalue weighted by molar-refractivity contribution is 6.02. The van der Waals surface area contributed by atoms with E-state index in [1.165, 1.54) is 22.8 Å². The third-order valence-electron chi connectivity index (χ3n) is 11.0. The zero-order valence-electron chi connectivity index (χ0n) is 27.4. The van der Waals surface area contributed by atoms with Crippen LogP contribution in [0.5, 0.6) is 11.8 Å². The van der Waals surface area contributed by atoms with Gasteiger partial charge in [0.05, 0.1) is 17.5 Å². The van der Waals surface area contributed by atoms with Crippen molar-refractivity contribution in [2.45, 2.75) is 56.5 Å². The fourth-order valence-electron chi connectivity index (χ4n) is 8.84. The molecule has 3 saturated heterocycles. The van der Waals surface area contributed by atoms with Crippen LogP contribution in [0.25, 0.3) is 32.9 Å². The first kappa shape index (κ1) is 30.3. The van der Waals surface area contributed by atoms with Crippen molar-refractivity contribution in [3.05, 3.63) is 82.8 Å². The van der Waals surface area contributed by atoms with Crippen LogP contribution < -0.4 is 15.0 Å². The summed E-state index contributed by atoms with van der Waals surface area (Å²) < 4.78 is 29.1. The van der Waals surface area contributed by atoms with Gasteiger partial charge < -0.3 is 24.8 Å². The number of pyridine rings is 1. The summed E-state index contributed by atoms with van der Waals surface area (Å²) in [5.74, 6) is 2.71. The lowest BCUT2D eigenvalue weighted by atomic mass is 9.87. The molecule has 4 aliphatic rings. The molecular weight excluding hydrogens is 619 g/mol. The molecule has 9 nitrogen and oxygen atoms in total. The summed E-state index contributed by atoms with van der Waals surface area (Å²) in [5, 5.41) is 16.2. The van der Waals surface area contributed by atoms with Gasteiger partial charge in [0.15, 0.2) is 5.82 Å². The van der Waals surface area contributed by atoms with E-state index >= 15 is 4.39 Å². The molecule has 0 radical (unpaired) electrons. The summed E-state index contributed by atoms with van der Waals surface area (Å²) in [7, 11) is 1.73. The lowest BCUT2D eigenvalue weighted by Crippen LogP contribution is -2.51. The Morgan fingerprint density at radius 3 is 2.78 bits per heavy atom. The number of rotatable bonds is 7. The zero-order chi connectivity index (χ0) is 33.3. The Bertz CT molecular complexity index is 2170. The van der Waals surface area contributed by atoms with Crippen LogP contribution in [0.4, 0.5) is 10.2 Å². The number of hydrogen-bond acceptors (Lipinski definition) is 9. The second-order valence-electron chi connectivity index (χ2n) is 13.8. The van der Waals surface area contributed by atoms with Crippen LogP contribution in [-0.4, -0.2) is 70.4 Å². The number of nitrogens with zero attached hydrogens (tertiary/aromatic N) is 5. The number of aromatic hydroxyl groups is 1. The second kappa shape index (κ2) is 11.7. The van der Waals surface area contributed by atoms with Crippen LogP contribution in [0.1, 0.15) is 47.9 Å². The van der Waals surface area contributed by atoms with Gasteiger partial charge in [-0.05, 0) is 72.5 Å². The van der Waals surface area contributed by atoms with Crippen LogP contribution in [0, 0.1) is 18.2 Å². The molecule has 2 bridgehead atoms. The van der Waals surface area contributed by atoms with Crippen LogP contribution in [0.15, 0.2) is 54.7 Å². The highest BCUT2D eigenvalue weighted by Crippen LogP contribution is 2.48. The number of halogens is 1. The van der Waals surface area contributed by atoms with E-state index in [0.29, 0.717) is 58.4 Å². The van der Waals surface area contributed by atoms with Crippen LogP contribution in [-0.2, 0) is 23.4 Å². The fourth-order valence-corrected chi connectivity index (χ4v) is 8.84. The van der Waals surface area contributed by atoms with Gasteiger partial charge in [-0.2, -0.15) is 9.97 Å². The SMILES string of the molecule is C#Cc1cccc2cc(O)cc(-c3ncc4c(N5CC6CCC(C5)N6)nc(OCC56CCCN5Cc5c(COC)cccc56)nc4c3F)c12. The number of hydrogen-bond donors (Lipinski definition) is 2. The molecule has 0 aliphatic carbocycles. The zero-order valence-corrected chi connectivity index (χ0v) is 27.4. The van der Waals surface area contributed by atoms with E-state index < -0.39 is 5.82 Å². The van der Waals surface area contributed by atoms with Gasteiger partial charge in [-0.3, -0.25) is 9.88 Å². The maximum atomic E-state index is 17.0. The number of aromatic nitrogens is 3. The van der Waals surface area contributed by atoms with Crippen LogP contribution >= 0.6 is 0 Å². The van der Waals surface area contributed by atoms with Crippen molar-refractivity contribution in [3.8, 4) is 35.4 Å². The van der Waals surface area contributed by atoms with Gasteiger partial charge in [-0.1, -0.05) is 36.3 Å². The van der Waals surface area contributed by atoms with E-state index in [1.54, 1.807) is 25.4 Å². The van der Waals surface area contributed by atoms with Crippen molar-refractivity contribution in [2.24, 2.45) is 0 Å². The average Bonchev–Trinajstić information content (AvgIpc) is 3.77. The summed E-state index contributed by atoms with van der Waals surface area (Å²) in [6, 6.07) is 15.8. The monoisotopic (exact) mass is 656 g/mol. The van der Waals surface area contributed by atoms with E-state index in [9.17, 15) is 5.11 Å². The van der Waals surface area contributed by atoms with Gasteiger partial charge in [-0.25, -0.2) is 4.39 Å². The van der Waals surface area contributed by atoms with Crippen LogP contribution in [0.3, 0.4) is 0 Å². The molecular formula is C39H37FN6O3. The molecule has 0 amide bonds. The first-order valence-electron chi connectivity index (χ1n) is 17.0. The minimum absolute atomic E-state index is 0.00691. The molecule has 248 valence electrons. The number of nitrogens with one attached hydrogen (secondary N) is 1. The highest BCUT2D eigenvalue weighted by atomic mass is 19.1. The molecule has 4 aliphatic heterocycles. The summed E-state index contributed by atoms with van der Waals surface area (Å²) >= 11 is 0. The minimum atomic E-state index is -0.612. The Labute approximate surface area is 284 Å². The lowest BCUT2D eigenvalue weighted by Gasteiger charge is -2.35. The van der Waals surface area contributed by atoms with Crippen molar-refractivity contribution in [1.29, 1.82) is 0 Å². The number of fused-ring (bicyclic) bond motifs is 7.